The second kappa shape index (κ2) is 10.7. The van der Waals surface area contributed by atoms with Crippen molar-refractivity contribution in [2.45, 2.75) is 37.8 Å². The predicted octanol–water partition coefficient (Wildman–Crippen LogP) is 4.57. The normalized spacial score (nSPS) is 19.2. The molecule has 1 unspecified atom stereocenters. The first-order valence-electron chi connectivity index (χ1n) is 12.3. The Hall–Kier alpha value is -4.45. The Morgan fingerprint density at radius 3 is 2.97 bits per heavy atom. The molecule has 0 radical (unpaired) electrons. The van der Waals surface area contributed by atoms with Gasteiger partial charge in [0.2, 0.25) is 5.91 Å². The zero-order chi connectivity index (χ0) is 25.8. The number of halogens is 1. The molecule has 5 rings (SSSR count). The van der Waals surface area contributed by atoms with Gasteiger partial charge in [-0.25, -0.2) is 9.37 Å². The van der Waals surface area contributed by atoms with Crippen LogP contribution in [0.1, 0.15) is 48.7 Å². The number of hydrogen-bond donors (Lipinski definition) is 3. The smallest absolute Gasteiger partial charge is 0.220 e. The van der Waals surface area contributed by atoms with E-state index >= 15 is 0 Å². The summed E-state index contributed by atoms with van der Waals surface area (Å²) in [6.45, 7) is 1.06. The Bertz CT molecular complexity index is 1390. The summed E-state index contributed by atoms with van der Waals surface area (Å²) in [5.41, 5.74) is 2.79. The number of hydrogen-bond acceptors (Lipinski definition) is 5. The van der Waals surface area contributed by atoms with Crippen LogP contribution < -0.4 is 10.1 Å². The van der Waals surface area contributed by atoms with Gasteiger partial charge in [-0.05, 0) is 67.3 Å². The van der Waals surface area contributed by atoms with Crippen molar-refractivity contribution in [2.24, 2.45) is 0 Å². The van der Waals surface area contributed by atoms with Gasteiger partial charge in [-0.2, -0.15) is 5.26 Å². The lowest BCUT2D eigenvalue weighted by Gasteiger charge is -2.26. The molecule has 9 heteroatoms. The van der Waals surface area contributed by atoms with Crippen molar-refractivity contribution < 1.29 is 13.9 Å². The number of rotatable bonds is 7. The highest BCUT2D eigenvalue weighted by Gasteiger charge is 2.27. The van der Waals surface area contributed by atoms with Gasteiger partial charge >= 0.3 is 0 Å². The van der Waals surface area contributed by atoms with Crippen LogP contribution in [0, 0.1) is 22.6 Å². The number of carbonyl (C=O) groups is 1. The number of likely N-dealkylation sites (tertiary alicyclic amines) is 1. The van der Waals surface area contributed by atoms with Gasteiger partial charge in [-0.3, -0.25) is 10.2 Å². The van der Waals surface area contributed by atoms with Crippen LogP contribution in [0.15, 0.2) is 54.7 Å². The Labute approximate surface area is 214 Å². The average Bonchev–Trinajstić information content (AvgIpc) is 3.67. The van der Waals surface area contributed by atoms with E-state index in [2.05, 4.69) is 21.4 Å². The summed E-state index contributed by atoms with van der Waals surface area (Å²) < 4.78 is 19.5. The van der Waals surface area contributed by atoms with Gasteiger partial charge in [0, 0.05) is 18.5 Å². The summed E-state index contributed by atoms with van der Waals surface area (Å²) in [5, 5.41) is 21.0. The van der Waals surface area contributed by atoms with E-state index in [-0.39, 0.29) is 23.8 Å². The Morgan fingerprint density at radius 1 is 1.30 bits per heavy atom. The van der Waals surface area contributed by atoms with E-state index in [1.54, 1.807) is 36.5 Å². The van der Waals surface area contributed by atoms with Crippen LogP contribution in [0.25, 0.3) is 17.3 Å². The summed E-state index contributed by atoms with van der Waals surface area (Å²) in [6.07, 6.45) is 8.16. The molecule has 188 valence electrons. The molecule has 3 N–H and O–H groups in total. The lowest BCUT2D eigenvalue weighted by molar-refractivity contribution is -0.119. The fourth-order valence-electron chi connectivity index (χ4n) is 4.84. The molecule has 0 spiro atoms. The van der Waals surface area contributed by atoms with Crippen molar-refractivity contribution in [3.63, 3.8) is 0 Å². The molecule has 1 aromatic heterocycles. The second-order valence-electron chi connectivity index (χ2n) is 9.24. The van der Waals surface area contributed by atoms with E-state index in [4.69, 9.17) is 10.1 Å². The van der Waals surface area contributed by atoms with E-state index in [0.29, 0.717) is 36.0 Å². The molecule has 2 aliphatic heterocycles. The topological polar surface area (TPSA) is 118 Å². The van der Waals surface area contributed by atoms with Gasteiger partial charge in [0.05, 0.1) is 29.5 Å². The molecule has 37 heavy (non-hydrogen) atoms. The van der Waals surface area contributed by atoms with Crippen molar-refractivity contribution >= 4 is 17.8 Å². The van der Waals surface area contributed by atoms with Crippen molar-refractivity contribution in [3.8, 4) is 23.1 Å². The molecule has 3 heterocycles. The van der Waals surface area contributed by atoms with Crippen molar-refractivity contribution in [2.75, 3.05) is 13.2 Å². The van der Waals surface area contributed by atoms with E-state index < -0.39 is 0 Å². The van der Waals surface area contributed by atoms with Crippen molar-refractivity contribution in [1.29, 1.82) is 10.7 Å². The van der Waals surface area contributed by atoms with Crippen molar-refractivity contribution in [3.05, 3.63) is 77.5 Å². The molecule has 2 saturated heterocycles. The Kier molecular flexibility index (Phi) is 6.99. The molecule has 2 aromatic carbocycles. The highest BCUT2D eigenvalue weighted by Crippen LogP contribution is 2.32. The molecule has 3 aromatic rings. The predicted molar refractivity (Wildman–Crippen MR) is 137 cm³/mol. The van der Waals surface area contributed by atoms with E-state index in [1.165, 1.54) is 12.1 Å². The van der Waals surface area contributed by atoms with Crippen LogP contribution >= 0.6 is 0 Å². The van der Waals surface area contributed by atoms with Crippen LogP contribution in [-0.2, 0) is 4.79 Å². The number of amidine groups is 1. The number of nitriles is 1. The SMILES string of the molecule is N#Cc1cc(-c2cnc(/C=C\C(=N)N3CCCC3c3cccc(F)c3)[nH]2)ccc1OC[C@H]1CCC(=O)N1. The minimum atomic E-state index is -0.268. The standard InChI is InChI=1S/C28H27FN6O2/c29-21-4-1-3-19(14-21)24-5-2-12-35(24)26(31)9-10-27-32-16-23(34-27)18-6-8-25(20(13-18)15-30)37-17-22-7-11-28(36)33-22/h1,3-4,6,8-10,13-14,16,22,24,31H,2,5,7,11-12,17H2,(H,32,34)(H,33,36)/b10-9-,31-26?/t22-,24?/m1/s1. The van der Waals surface area contributed by atoms with Crippen LogP contribution in [0.4, 0.5) is 4.39 Å². The quantitative estimate of drug-likeness (QED) is 0.326. The maximum Gasteiger partial charge on any atom is 0.220 e. The molecule has 0 aliphatic carbocycles. The summed E-state index contributed by atoms with van der Waals surface area (Å²) in [5.74, 6) is 1.15. The second-order valence-corrected chi connectivity index (χ2v) is 9.24. The molecule has 2 aliphatic rings. The third-order valence-electron chi connectivity index (χ3n) is 6.73. The fraction of sp³-hybridized carbons (Fsp3) is 0.286. The maximum absolute atomic E-state index is 13.7. The minimum Gasteiger partial charge on any atom is -0.490 e. The number of aromatic amines is 1. The number of benzene rings is 2. The van der Waals surface area contributed by atoms with Crippen LogP contribution in [0.2, 0.25) is 0 Å². The fourth-order valence-corrected chi connectivity index (χ4v) is 4.84. The number of nitrogens with one attached hydrogen (secondary N) is 3. The van der Waals surface area contributed by atoms with Crippen LogP contribution in [-0.4, -0.2) is 45.8 Å². The lowest BCUT2D eigenvalue weighted by atomic mass is 10.0. The van der Waals surface area contributed by atoms with E-state index in [0.717, 1.165) is 42.6 Å². The molecule has 0 saturated carbocycles. The first kappa shape index (κ1) is 24.3. The molecule has 2 fully saturated rings. The van der Waals surface area contributed by atoms with E-state index in [9.17, 15) is 14.4 Å². The molecule has 0 bridgehead atoms. The largest absolute Gasteiger partial charge is 0.490 e. The number of H-pyrrole nitrogens is 1. The lowest BCUT2D eigenvalue weighted by Crippen LogP contribution is -2.30. The summed E-state index contributed by atoms with van der Waals surface area (Å²) in [6, 6.07) is 14.0. The van der Waals surface area contributed by atoms with Gasteiger partial charge in [-0.15, -0.1) is 0 Å². The zero-order valence-corrected chi connectivity index (χ0v) is 20.2. The number of ether oxygens (including phenoxy) is 1. The Balaban J connectivity index is 1.24. The van der Waals surface area contributed by atoms with Gasteiger partial charge in [0.1, 0.15) is 35.9 Å². The highest BCUT2D eigenvalue weighted by atomic mass is 19.1. The number of aromatic nitrogens is 2. The average molecular weight is 499 g/mol. The van der Waals surface area contributed by atoms with Gasteiger partial charge in [0.15, 0.2) is 0 Å². The zero-order valence-electron chi connectivity index (χ0n) is 20.2. The first-order chi connectivity index (χ1) is 18.0. The van der Waals surface area contributed by atoms with E-state index in [1.807, 2.05) is 17.0 Å². The number of amides is 1. The number of carbonyl (C=O) groups excluding carboxylic acids is 1. The van der Waals surface area contributed by atoms with Crippen molar-refractivity contribution in [1.82, 2.24) is 20.2 Å². The molecular formula is C28H27FN6O2. The summed E-state index contributed by atoms with van der Waals surface area (Å²) in [7, 11) is 0. The number of nitrogens with zero attached hydrogens (tertiary/aromatic N) is 3. The number of imidazole rings is 1. The van der Waals surface area contributed by atoms with Gasteiger partial charge in [0.25, 0.3) is 0 Å². The van der Waals surface area contributed by atoms with Crippen LogP contribution in [0.3, 0.4) is 0 Å². The van der Waals surface area contributed by atoms with Gasteiger partial charge < -0.3 is 19.9 Å². The molecule has 1 amide bonds. The van der Waals surface area contributed by atoms with Crippen LogP contribution in [0.5, 0.6) is 5.75 Å². The highest BCUT2D eigenvalue weighted by molar-refractivity contribution is 5.94. The minimum absolute atomic E-state index is 0.0184. The molecule has 8 nitrogen and oxygen atoms in total. The monoisotopic (exact) mass is 498 g/mol. The third-order valence-corrected chi connectivity index (χ3v) is 6.73. The molecular weight excluding hydrogens is 471 g/mol. The molecule has 2 atom stereocenters. The summed E-state index contributed by atoms with van der Waals surface area (Å²) in [4.78, 5) is 21.0. The third kappa shape index (κ3) is 5.54. The van der Waals surface area contributed by atoms with Gasteiger partial charge in [-0.1, -0.05) is 12.1 Å². The first-order valence-corrected chi connectivity index (χ1v) is 12.3. The summed E-state index contributed by atoms with van der Waals surface area (Å²) >= 11 is 0. The Morgan fingerprint density at radius 2 is 2.19 bits per heavy atom. The maximum atomic E-state index is 13.7.